The van der Waals surface area contributed by atoms with Crippen molar-refractivity contribution in [2.45, 2.75) is 6.92 Å². The van der Waals surface area contributed by atoms with E-state index in [1.807, 2.05) is 6.92 Å². The van der Waals surface area contributed by atoms with Crippen molar-refractivity contribution in [1.29, 1.82) is 0 Å². The first kappa shape index (κ1) is 13.2. The lowest BCUT2D eigenvalue weighted by Gasteiger charge is -2.02. The van der Waals surface area contributed by atoms with E-state index in [2.05, 4.69) is 0 Å². The average Bonchev–Trinajstić information content (AvgIpc) is 2.05. The number of methoxy groups -OCH3 is 1. The fraction of sp³-hybridized carbons (Fsp3) is 0.714. The highest BCUT2D eigenvalue weighted by molar-refractivity contribution is 8.51. The minimum atomic E-state index is -0.358. The maximum Gasteiger partial charge on any atom is 0.373 e. The SMILES string of the molecule is CCSC(=S)SC(=O)OCCOC. The van der Waals surface area contributed by atoms with E-state index in [1.54, 1.807) is 7.11 Å². The number of carbonyl (C=O) groups is 1. The lowest BCUT2D eigenvalue weighted by molar-refractivity contribution is 0.115. The largest absolute Gasteiger partial charge is 0.455 e. The quantitative estimate of drug-likeness (QED) is 0.427. The lowest BCUT2D eigenvalue weighted by atomic mass is 10.8. The molecular weight excluding hydrogens is 228 g/mol. The first-order valence-electron chi connectivity index (χ1n) is 3.71. The first-order chi connectivity index (χ1) is 6.20. The fourth-order valence-corrected chi connectivity index (χ4v) is 2.32. The van der Waals surface area contributed by atoms with Gasteiger partial charge in [-0.25, -0.2) is 4.79 Å². The van der Waals surface area contributed by atoms with E-state index in [0.717, 1.165) is 17.5 Å². The van der Waals surface area contributed by atoms with Gasteiger partial charge in [0.15, 0.2) is 0 Å². The van der Waals surface area contributed by atoms with Gasteiger partial charge >= 0.3 is 5.30 Å². The Balaban J connectivity index is 3.44. The van der Waals surface area contributed by atoms with Crippen molar-refractivity contribution in [3.8, 4) is 0 Å². The van der Waals surface area contributed by atoms with Gasteiger partial charge in [0.1, 0.15) is 10.1 Å². The molecule has 0 atom stereocenters. The van der Waals surface area contributed by atoms with E-state index in [1.165, 1.54) is 11.8 Å². The second-order valence-electron chi connectivity index (χ2n) is 1.88. The van der Waals surface area contributed by atoms with Gasteiger partial charge in [-0.05, 0) is 5.75 Å². The molecule has 13 heavy (non-hydrogen) atoms. The predicted molar refractivity (Wildman–Crippen MR) is 61.5 cm³/mol. The van der Waals surface area contributed by atoms with Gasteiger partial charge in [0.2, 0.25) is 0 Å². The molecule has 0 fully saturated rings. The minimum absolute atomic E-state index is 0.280. The van der Waals surface area contributed by atoms with Crippen LogP contribution in [0.1, 0.15) is 6.92 Å². The summed E-state index contributed by atoms with van der Waals surface area (Å²) in [5.74, 6) is 0.872. The van der Waals surface area contributed by atoms with E-state index < -0.39 is 0 Å². The van der Waals surface area contributed by atoms with Crippen LogP contribution < -0.4 is 0 Å². The standard InChI is InChI=1S/C7H12O3S3/c1-3-12-7(11)13-6(8)10-5-4-9-2/h3-5H2,1-2H3. The van der Waals surface area contributed by atoms with Crippen LogP contribution in [0, 0.1) is 0 Å². The normalized spacial score (nSPS) is 9.69. The molecule has 0 N–H and O–H groups in total. The third-order valence-corrected chi connectivity index (χ3v) is 3.12. The number of ether oxygens (including phenoxy) is 2. The van der Waals surface area contributed by atoms with Gasteiger partial charge < -0.3 is 9.47 Å². The van der Waals surface area contributed by atoms with Crippen LogP contribution in [0.15, 0.2) is 0 Å². The average molecular weight is 240 g/mol. The molecule has 0 radical (unpaired) electrons. The molecule has 0 aromatic rings. The number of hydrogen-bond donors (Lipinski definition) is 0. The summed E-state index contributed by atoms with van der Waals surface area (Å²) >= 11 is 7.32. The Bertz CT molecular complexity index is 172. The Kier molecular flexibility index (Phi) is 8.95. The summed E-state index contributed by atoms with van der Waals surface area (Å²) in [5, 5.41) is -0.358. The van der Waals surface area contributed by atoms with Crippen molar-refractivity contribution in [2.24, 2.45) is 0 Å². The maximum absolute atomic E-state index is 11.0. The summed E-state index contributed by atoms with van der Waals surface area (Å²) in [4.78, 5) is 11.0. The molecule has 0 saturated heterocycles. The zero-order chi connectivity index (χ0) is 10.1. The molecule has 0 aliphatic rings. The van der Waals surface area contributed by atoms with Crippen molar-refractivity contribution in [3.05, 3.63) is 0 Å². The molecule has 0 rings (SSSR count). The van der Waals surface area contributed by atoms with E-state index in [4.69, 9.17) is 21.7 Å². The predicted octanol–water partition coefficient (Wildman–Crippen LogP) is 2.54. The van der Waals surface area contributed by atoms with Crippen LogP contribution in [0.4, 0.5) is 4.79 Å². The monoisotopic (exact) mass is 240 g/mol. The molecular formula is C7H12O3S3. The molecule has 0 saturated carbocycles. The van der Waals surface area contributed by atoms with Crippen molar-refractivity contribution in [1.82, 2.24) is 0 Å². The highest BCUT2D eigenvalue weighted by Gasteiger charge is 2.07. The summed E-state index contributed by atoms with van der Waals surface area (Å²) in [7, 11) is 1.55. The molecule has 0 bridgehead atoms. The highest BCUT2D eigenvalue weighted by Crippen LogP contribution is 2.18. The smallest absolute Gasteiger partial charge is 0.373 e. The van der Waals surface area contributed by atoms with Gasteiger partial charge in [-0.3, -0.25) is 0 Å². The third-order valence-electron chi connectivity index (χ3n) is 0.936. The fourth-order valence-electron chi connectivity index (χ4n) is 0.453. The van der Waals surface area contributed by atoms with Crippen molar-refractivity contribution in [2.75, 3.05) is 26.1 Å². The maximum atomic E-state index is 11.0. The topological polar surface area (TPSA) is 35.5 Å². The summed E-state index contributed by atoms with van der Waals surface area (Å²) in [6.45, 7) is 2.68. The molecule has 0 aromatic carbocycles. The number of hydrogen-bond acceptors (Lipinski definition) is 6. The zero-order valence-electron chi connectivity index (χ0n) is 7.57. The summed E-state index contributed by atoms with van der Waals surface area (Å²) in [6.07, 6.45) is 0. The Labute approximate surface area is 91.9 Å². The number of thiocarbonyl (C=S) groups is 1. The van der Waals surface area contributed by atoms with Crippen LogP contribution in [0.2, 0.25) is 0 Å². The summed E-state index contributed by atoms with van der Waals surface area (Å²) < 4.78 is 10.1. The molecule has 0 amide bonds. The number of carbonyl (C=O) groups excluding carboxylic acids is 1. The molecule has 6 heteroatoms. The first-order valence-corrected chi connectivity index (χ1v) is 5.92. The highest BCUT2D eigenvalue weighted by atomic mass is 32.2. The minimum Gasteiger partial charge on any atom is -0.455 e. The number of thioether (sulfide) groups is 2. The van der Waals surface area contributed by atoms with Gasteiger partial charge in [-0.15, -0.1) is 11.8 Å². The molecule has 0 spiro atoms. The van der Waals surface area contributed by atoms with Gasteiger partial charge in [-0.1, -0.05) is 19.1 Å². The van der Waals surface area contributed by atoms with Crippen LogP contribution >= 0.6 is 35.7 Å². The van der Waals surface area contributed by atoms with Crippen LogP contribution in [-0.2, 0) is 9.47 Å². The number of rotatable bonds is 4. The van der Waals surface area contributed by atoms with E-state index >= 15 is 0 Å². The Morgan fingerprint density at radius 2 is 2.15 bits per heavy atom. The third kappa shape index (κ3) is 8.55. The van der Waals surface area contributed by atoms with E-state index in [-0.39, 0.29) is 11.9 Å². The van der Waals surface area contributed by atoms with E-state index in [9.17, 15) is 4.79 Å². The Hall–Kier alpha value is 0.220. The van der Waals surface area contributed by atoms with E-state index in [0.29, 0.717) is 10.1 Å². The lowest BCUT2D eigenvalue weighted by Crippen LogP contribution is -2.06. The molecule has 0 aromatic heterocycles. The molecule has 0 heterocycles. The van der Waals surface area contributed by atoms with Crippen molar-refractivity contribution >= 4 is 44.6 Å². The summed E-state index contributed by atoms with van der Waals surface area (Å²) in [5.41, 5.74) is 0. The van der Waals surface area contributed by atoms with Crippen molar-refractivity contribution < 1.29 is 14.3 Å². The van der Waals surface area contributed by atoms with Gasteiger partial charge in [0, 0.05) is 18.9 Å². The summed E-state index contributed by atoms with van der Waals surface area (Å²) in [6, 6.07) is 0. The van der Waals surface area contributed by atoms with Crippen LogP contribution in [-0.4, -0.2) is 34.9 Å². The molecule has 0 aliphatic carbocycles. The van der Waals surface area contributed by atoms with Crippen LogP contribution in [0.3, 0.4) is 0 Å². The molecule has 76 valence electrons. The van der Waals surface area contributed by atoms with Gasteiger partial charge in [0.05, 0.1) is 6.61 Å². The molecule has 3 nitrogen and oxygen atoms in total. The molecule has 0 aliphatic heterocycles. The second kappa shape index (κ2) is 8.80. The van der Waals surface area contributed by atoms with Gasteiger partial charge in [0.25, 0.3) is 0 Å². The Morgan fingerprint density at radius 3 is 2.69 bits per heavy atom. The molecule has 0 unspecified atom stereocenters. The van der Waals surface area contributed by atoms with Crippen molar-refractivity contribution in [3.63, 3.8) is 0 Å². The van der Waals surface area contributed by atoms with Crippen LogP contribution in [0.25, 0.3) is 0 Å². The van der Waals surface area contributed by atoms with Gasteiger partial charge in [-0.2, -0.15) is 0 Å². The Morgan fingerprint density at radius 1 is 1.46 bits per heavy atom. The zero-order valence-corrected chi connectivity index (χ0v) is 10.0. The second-order valence-corrected chi connectivity index (χ2v) is 5.28. The van der Waals surface area contributed by atoms with Crippen LogP contribution in [0.5, 0.6) is 0 Å².